The number of hydrogen-bond acceptors (Lipinski definition) is 0. The summed E-state index contributed by atoms with van der Waals surface area (Å²) in [6.07, 6.45) is 9.66. The van der Waals surface area contributed by atoms with E-state index in [2.05, 4.69) is 68.4 Å². The predicted octanol–water partition coefficient (Wildman–Crippen LogP) is 8.13. The number of fused-ring (bicyclic) bond motifs is 1. The quantitative estimate of drug-likeness (QED) is 0.487. The molecule has 2 aliphatic rings. The number of aryl methyl sites for hydroxylation is 1. The lowest BCUT2D eigenvalue weighted by atomic mass is 9.79. The largest absolute Gasteiger partial charge is 0.0683 e. The van der Waals surface area contributed by atoms with Crippen molar-refractivity contribution in [2.75, 3.05) is 0 Å². The van der Waals surface area contributed by atoms with Crippen molar-refractivity contribution in [2.45, 2.75) is 84.5 Å². The van der Waals surface area contributed by atoms with Crippen molar-refractivity contribution in [3.05, 3.63) is 71.3 Å². The lowest BCUT2D eigenvalue weighted by molar-refractivity contribution is 0.348. The van der Waals surface area contributed by atoms with Crippen molar-refractivity contribution in [1.29, 1.82) is 0 Å². The second-order valence-corrected chi connectivity index (χ2v) is 7.86. The number of benzene rings is 2. The summed E-state index contributed by atoms with van der Waals surface area (Å²) in [6, 6.07) is 19.8. The van der Waals surface area contributed by atoms with Crippen LogP contribution in [-0.4, -0.2) is 0 Å². The molecule has 0 nitrogen and oxygen atoms in total. The van der Waals surface area contributed by atoms with Crippen LogP contribution >= 0.6 is 0 Å². The fourth-order valence-electron chi connectivity index (χ4n) is 4.32. The highest BCUT2D eigenvalue weighted by Crippen LogP contribution is 2.35. The Morgan fingerprint density at radius 2 is 1.31 bits per heavy atom. The Kier molecular flexibility index (Phi) is 8.95. The Morgan fingerprint density at radius 3 is 1.96 bits per heavy atom. The van der Waals surface area contributed by atoms with Gasteiger partial charge in [0.1, 0.15) is 0 Å². The standard InChI is InChI=1S/C13H18.C11H14.C2H6/c1-11-7-9-13(10-8-11)12-5-3-2-4-6-12;1-9-5-4-7-10-6-2-3-8-11(9)10;1-2/h2-6,11,13H,7-10H2,1H3;2-3,6,8-9H,4-5,7H2,1H3;1-2H3/t;9-;/m.0./s1. The van der Waals surface area contributed by atoms with Gasteiger partial charge in [-0.05, 0) is 66.5 Å². The Morgan fingerprint density at radius 1 is 0.692 bits per heavy atom. The maximum Gasteiger partial charge on any atom is -0.0162 e. The third-order valence-corrected chi connectivity index (χ3v) is 5.96. The highest BCUT2D eigenvalue weighted by Gasteiger charge is 2.19. The van der Waals surface area contributed by atoms with E-state index in [0.717, 1.165) is 17.8 Å². The van der Waals surface area contributed by atoms with Crippen LogP contribution in [0.1, 0.15) is 94.7 Å². The van der Waals surface area contributed by atoms with Gasteiger partial charge in [-0.1, -0.05) is 95.1 Å². The molecule has 0 spiro atoms. The van der Waals surface area contributed by atoms with Gasteiger partial charge >= 0.3 is 0 Å². The van der Waals surface area contributed by atoms with Gasteiger partial charge in [-0.3, -0.25) is 0 Å². The zero-order valence-electron chi connectivity index (χ0n) is 17.4. The topological polar surface area (TPSA) is 0 Å². The first kappa shape index (κ1) is 20.7. The molecule has 0 N–H and O–H groups in total. The molecule has 26 heavy (non-hydrogen) atoms. The molecule has 0 aromatic heterocycles. The first-order chi connectivity index (χ1) is 12.7. The third-order valence-electron chi connectivity index (χ3n) is 5.96. The van der Waals surface area contributed by atoms with Gasteiger partial charge in [0, 0.05) is 0 Å². The SMILES string of the molecule is CC.CC1CCC(c2ccccc2)CC1.C[C@H]1CCCc2ccccc21. The summed E-state index contributed by atoms with van der Waals surface area (Å²) in [5, 5.41) is 0. The summed E-state index contributed by atoms with van der Waals surface area (Å²) in [5.74, 6) is 2.59. The molecule has 0 unspecified atom stereocenters. The molecule has 0 aliphatic heterocycles. The van der Waals surface area contributed by atoms with E-state index in [-0.39, 0.29) is 0 Å². The van der Waals surface area contributed by atoms with Crippen LogP contribution in [0.3, 0.4) is 0 Å². The average Bonchev–Trinajstić information content (AvgIpc) is 2.72. The van der Waals surface area contributed by atoms with Gasteiger partial charge < -0.3 is 0 Å². The minimum atomic E-state index is 0.792. The maximum absolute atomic E-state index is 2.38. The van der Waals surface area contributed by atoms with Crippen molar-refractivity contribution in [1.82, 2.24) is 0 Å². The van der Waals surface area contributed by atoms with Crippen molar-refractivity contribution >= 4 is 0 Å². The van der Waals surface area contributed by atoms with Gasteiger partial charge in [-0.2, -0.15) is 0 Å². The Labute approximate surface area is 162 Å². The van der Waals surface area contributed by atoms with Crippen LogP contribution < -0.4 is 0 Å². The van der Waals surface area contributed by atoms with Gasteiger partial charge in [-0.25, -0.2) is 0 Å². The van der Waals surface area contributed by atoms with E-state index in [1.807, 2.05) is 13.8 Å². The average molecular weight is 351 g/mol. The van der Waals surface area contributed by atoms with Crippen LogP contribution in [0.25, 0.3) is 0 Å². The molecule has 1 atom stereocenters. The summed E-state index contributed by atoms with van der Waals surface area (Å²) in [7, 11) is 0. The summed E-state index contributed by atoms with van der Waals surface area (Å²) in [5.41, 5.74) is 4.71. The molecule has 0 bridgehead atoms. The van der Waals surface area contributed by atoms with Gasteiger partial charge in [0.05, 0.1) is 0 Å². The molecule has 142 valence electrons. The summed E-state index contributed by atoms with van der Waals surface area (Å²) in [4.78, 5) is 0. The van der Waals surface area contributed by atoms with Gasteiger partial charge in [-0.15, -0.1) is 0 Å². The zero-order chi connectivity index (χ0) is 18.8. The molecular weight excluding hydrogens is 312 g/mol. The fraction of sp³-hybridized carbons (Fsp3) is 0.538. The molecule has 0 amide bonds. The van der Waals surface area contributed by atoms with Crippen molar-refractivity contribution in [2.24, 2.45) is 5.92 Å². The normalized spacial score (nSPS) is 24.2. The smallest absolute Gasteiger partial charge is 0.0162 e. The Balaban J connectivity index is 0.000000173. The van der Waals surface area contributed by atoms with Crippen LogP contribution in [0.2, 0.25) is 0 Å². The van der Waals surface area contributed by atoms with E-state index in [9.17, 15) is 0 Å². The second-order valence-electron chi connectivity index (χ2n) is 7.86. The van der Waals surface area contributed by atoms with Gasteiger partial charge in [0.2, 0.25) is 0 Å². The summed E-state index contributed by atoms with van der Waals surface area (Å²) < 4.78 is 0. The van der Waals surface area contributed by atoms with E-state index < -0.39 is 0 Å². The first-order valence-electron chi connectivity index (χ1n) is 10.9. The Bertz CT molecular complexity index is 605. The molecule has 0 saturated heterocycles. The van der Waals surface area contributed by atoms with Crippen LogP contribution in [0.5, 0.6) is 0 Å². The Hall–Kier alpha value is -1.56. The van der Waals surface area contributed by atoms with Crippen molar-refractivity contribution in [3.63, 3.8) is 0 Å². The molecule has 0 heterocycles. The van der Waals surface area contributed by atoms with Crippen molar-refractivity contribution < 1.29 is 0 Å². The second kappa shape index (κ2) is 11.2. The lowest BCUT2D eigenvalue weighted by Gasteiger charge is -2.26. The molecule has 4 rings (SSSR count). The summed E-state index contributed by atoms with van der Waals surface area (Å²) >= 11 is 0. The van der Waals surface area contributed by atoms with Crippen molar-refractivity contribution in [3.8, 4) is 0 Å². The molecule has 2 aromatic rings. The number of rotatable bonds is 1. The molecule has 2 aromatic carbocycles. The molecular formula is C26H38. The summed E-state index contributed by atoms with van der Waals surface area (Å²) in [6.45, 7) is 8.71. The van der Waals surface area contributed by atoms with Crippen LogP contribution in [-0.2, 0) is 6.42 Å². The fourth-order valence-corrected chi connectivity index (χ4v) is 4.32. The lowest BCUT2D eigenvalue weighted by Crippen LogP contribution is -2.10. The predicted molar refractivity (Wildman–Crippen MR) is 116 cm³/mol. The van der Waals surface area contributed by atoms with E-state index in [1.165, 1.54) is 44.9 Å². The highest BCUT2D eigenvalue weighted by molar-refractivity contribution is 5.31. The monoisotopic (exact) mass is 350 g/mol. The third kappa shape index (κ3) is 6.01. The first-order valence-corrected chi connectivity index (χ1v) is 10.9. The number of hydrogen-bond donors (Lipinski definition) is 0. The molecule has 0 heteroatoms. The van der Waals surface area contributed by atoms with Gasteiger partial charge in [0.15, 0.2) is 0 Å². The van der Waals surface area contributed by atoms with E-state index in [4.69, 9.17) is 0 Å². The molecule has 0 radical (unpaired) electrons. The minimum absolute atomic E-state index is 0.792. The van der Waals surface area contributed by atoms with E-state index >= 15 is 0 Å². The van der Waals surface area contributed by atoms with Crippen LogP contribution in [0.4, 0.5) is 0 Å². The maximum atomic E-state index is 2.38. The molecule has 1 fully saturated rings. The highest BCUT2D eigenvalue weighted by atomic mass is 14.2. The van der Waals surface area contributed by atoms with E-state index in [0.29, 0.717) is 0 Å². The molecule has 1 saturated carbocycles. The van der Waals surface area contributed by atoms with Crippen LogP contribution in [0.15, 0.2) is 54.6 Å². The van der Waals surface area contributed by atoms with Crippen LogP contribution in [0, 0.1) is 5.92 Å². The minimum Gasteiger partial charge on any atom is -0.0683 e. The van der Waals surface area contributed by atoms with Gasteiger partial charge in [0.25, 0.3) is 0 Å². The zero-order valence-corrected chi connectivity index (χ0v) is 17.4. The molecule has 2 aliphatic carbocycles. The van der Waals surface area contributed by atoms with E-state index in [1.54, 1.807) is 16.7 Å².